The molecule has 0 radical (unpaired) electrons. The fourth-order valence-electron chi connectivity index (χ4n) is 3.98. The van der Waals surface area contributed by atoms with Crippen molar-refractivity contribution in [2.24, 2.45) is 0 Å². The van der Waals surface area contributed by atoms with Gasteiger partial charge in [0.15, 0.2) is 16.6 Å². The summed E-state index contributed by atoms with van der Waals surface area (Å²) in [4.78, 5) is 39.1. The number of hydrogen-bond acceptors (Lipinski definition) is 9. The van der Waals surface area contributed by atoms with Crippen LogP contribution in [0.4, 0.5) is 11.4 Å². The van der Waals surface area contributed by atoms with Gasteiger partial charge in [0, 0.05) is 12.1 Å². The molecular formula is C28H24IN3O8S. The Kier molecular flexibility index (Phi) is 9.39. The van der Waals surface area contributed by atoms with Gasteiger partial charge in [-0.1, -0.05) is 0 Å². The van der Waals surface area contributed by atoms with Gasteiger partial charge in [-0.3, -0.25) is 24.6 Å². The van der Waals surface area contributed by atoms with Gasteiger partial charge in [-0.25, -0.2) is 0 Å². The van der Waals surface area contributed by atoms with Crippen LogP contribution in [0.25, 0.3) is 6.08 Å². The fourth-order valence-corrected chi connectivity index (χ4v) is 5.11. The van der Waals surface area contributed by atoms with Crippen molar-refractivity contribution in [2.45, 2.75) is 6.61 Å². The lowest BCUT2D eigenvalue weighted by molar-refractivity contribution is -0.384. The number of ether oxygens (including phenoxy) is 4. The molecule has 1 amide bonds. The molecule has 0 unspecified atom stereocenters. The van der Waals surface area contributed by atoms with Gasteiger partial charge in [0.25, 0.3) is 11.6 Å². The predicted octanol–water partition coefficient (Wildman–Crippen LogP) is 4.94. The van der Waals surface area contributed by atoms with Crippen molar-refractivity contribution in [2.75, 3.05) is 32.8 Å². The van der Waals surface area contributed by atoms with E-state index in [2.05, 4.69) is 22.6 Å². The second-order valence-electron chi connectivity index (χ2n) is 8.56. The number of carbonyl (C=O) groups is 2. The highest BCUT2D eigenvalue weighted by Crippen LogP contribution is 2.37. The molecule has 1 fully saturated rings. The second-order valence-corrected chi connectivity index (χ2v) is 10.1. The van der Waals surface area contributed by atoms with Gasteiger partial charge >= 0.3 is 5.97 Å². The van der Waals surface area contributed by atoms with Crippen LogP contribution < -0.4 is 19.1 Å². The molecule has 1 aliphatic heterocycles. The number of carbonyl (C=O) groups excluding carboxylic acids is 2. The van der Waals surface area contributed by atoms with Crippen LogP contribution in [0, 0.1) is 13.7 Å². The number of esters is 1. The summed E-state index contributed by atoms with van der Waals surface area (Å²) < 4.78 is 22.3. The smallest absolute Gasteiger partial charge is 0.325 e. The maximum atomic E-state index is 13.6. The Bertz CT molecular complexity index is 1530. The summed E-state index contributed by atoms with van der Waals surface area (Å²) in [5.41, 5.74) is 2.02. The van der Waals surface area contributed by atoms with Gasteiger partial charge in [0.2, 0.25) is 0 Å². The topological polar surface area (TPSA) is 121 Å². The SMILES string of the molecule is COC(=O)CN1C(=S)N(c2ccc(OC)cc2)C(=O)/C1=C/c1cc(I)c(OCc2ccc([N+](=O)[O-])cc2)c(OC)c1. The summed E-state index contributed by atoms with van der Waals surface area (Å²) in [6, 6.07) is 16.4. The third-order valence-electron chi connectivity index (χ3n) is 6.07. The number of nitro groups is 1. The van der Waals surface area contributed by atoms with Crippen molar-refractivity contribution in [3.05, 3.63) is 91.2 Å². The Labute approximate surface area is 254 Å². The molecule has 3 aromatic rings. The normalized spacial score (nSPS) is 13.9. The van der Waals surface area contributed by atoms with E-state index in [0.29, 0.717) is 32.1 Å². The molecule has 4 rings (SSSR count). The summed E-state index contributed by atoms with van der Waals surface area (Å²) in [6.07, 6.45) is 1.62. The molecule has 0 saturated carbocycles. The third kappa shape index (κ3) is 6.57. The minimum atomic E-state index is -0.565. The van der Waals surface area contributed by atoms with E-state index >= 15 is 0 Å². The van der Waals surface area contributed by atoms with E-state index in [9.17, 15) is 19.7 Å². The first-order chi connectivity index (χ1) is 19.7. The van der Waals surface area contributed by atoms with Crippen molar-refractivity contribution in [1.82, 2.24) is 4.90 Å². The van der Waals surface area contributed by atoms with E-state index in [1.54, 1.807) is 61.7 Å². The van der Waals surface area contributed by atoms with Crippen LogP contribution in [0.3, 0.4) is 0 Å². The van der Waals surface area contributed by atoms with E-state index in [1.165, 1.54) is 36.2 Å². The van der Waals surface area contributed by atoms with Crippen molar-refractivity contribution >= 4 is 69.2 Å². The van der Waals surface area contributed by atoms with Crippen LogP contribution in [-0.2, 0) is 20.9 Å². The molecule has 41 heavy (non-hydrogen) atoms. The molecule has 1 aliphatic rings. The number of anilines is 1. The Morgan fingerprint density at radius 3 is 2.32 bits per heavy atom. The number of amides is 1. The molecule has 13 heteroatoms. The van der Waals surface area contributed by atoms with Crippen molar-refractivity contribution in [1.29, 1.82) is 0 Å². The quantitative estimate of drug-likeness (QED) is 0.0723. The van der Waals surface area contributed by atoms with E-state index in [-0.39, 0.29) is 29.6 Å². The highest BCUT2D eigenvalue weighted by molar-refractivity contribution is 14.1. The van der Waals surface area contributed by atoms with Crippen molar-refractivity contribution in [3.8, 4) is 17.2 Å². The summed E-state index contributed by atoms with van der Waals surface area (Å²) in [7, 11) is 4.30. The first kappa shape index (κ1) is 29.7. The third-order valence-corrected chi connectivity index (χ3v) is 7.27. The number of non-ortho nitro benzene ring substituents is 1. The maximum absolute atomic E-state index is 13.6. The molecule has 0 bridgehead atoms. The molecule has 0 atom stereocenters. The molecule has 0 N–H and O–H groups in total. The molecule has 0 spiro atoms. The number of rotatable bonds is 10. The Balaban J connectivity index is 1.65. The number of halogens is 1. The molecule has 1 heterocycles. The standard InChI is InChI=1S/C28H24IN3O8S/c1-37-21-10-8-19(9-11-21)31-27(34)23(30(28(31)41)15-25(33)39-3)13-18-12-22(29)26(24(14-18)38-2)40-16-17-4-6-20(7-5-17)32(35)36/h4-14H,15-16H2,1-3H3/b23-13-. The highest BCUT2D eigenvalue weighted by Gasteiger charge is 2.40. The highest BCUT2D eigenvalue weighted by atomic mass is 127. The zero-order valence-corrected chi connectivity index (χ0v) is 25.1. The first-order valence-corrected chi connectivity index (χ1v) is 13.5. The summed E-state index contributed by atoms with van der Waals surface area (Å²) in [5, 5.41) is 11.0. The van der Waals surface area contributed by atoms with Crippen LogP contribution in [0.1, 0.15) is 11.1 Å². The van der Waals surface area contributed by atoms with Crippen LogP contribution in [0.5, 0.6) is 17.2 Å². The van der Waals surface area contributed by atoms with Crippen molar-refractivity contribution < 1.29 is 33.5 Å². The lowest BCUT2D eigenvalue weighted by atomic mass is 10.1. The molecule has 212 valence electrons. The Morgan fingerprint density at radius 1 is 1.05 bits per heavy atom. The van der Waals surface area contributed by atoms with Crippen LogP contribution in [-0.4, -0.2) is 54.7 Å². The maximum Gasteiger partial charge on any atom is 0.325 e. The average molecular weight is 689 g/mol. The minimum Gasteiger partial charge on any atom is -0.497 e. The molecule has 0 aliphatic carbocycles. The number of hydrogen-bond donors (Lipinski definition) is 0. The predicted molar refractivity (Wildman–Crippen MR) is 163 cm³/mol. The molecule has 3 aromatic carbocycles. The number of thiocarbonyl (C=S) groups is 1. The Hall–Kier alpha value is -4.24. The summed E-state index contributed by atoms with van der Waals surface area (Å²) in [5.74, 6) is 0.505. The molecule has 0 aromatic heterocycles. The first-order valence-electron chi connectivity index (χ1n) is 12.0. The second kappa shape index (κ2) is 13.0. The average Bonchev–Trinajstić information content (AvgIpc) is 3.20. The molecule has 1 saturated heterocycles. The van der Waals surface area contributed by atoms with Crippen LogP contribution in [0.15, 0.2) is 66.4 Å². The lowest BCUT2D eigenvalue weighted by Crippen LogP contribution is -2.35. The largest absolute Gasteiger partial charge is 0.497 e. The summed E-state index contributed by atoms with van der Waals surface area (Å²) >= 11 is 7.70. The van der Waals surface area contributed by atoms with Gasteiger partial charge in [-0.15, -0.1) is 0 Å². The minimum absolute atomic E-state index is 0.00829. The zero-order valence-electron chi connectivity index (χ0n) is 22.2. The van der Waals surface area contributed by atoms with Gasteiger partial charge < -0.3 is 23.8 Å². The van der Waals surface area contributed by atoms with E-state index in [0.717, 1.165) is 5.56 Å². The van der Waals surface area contributed by atoms with Gasteiger partial charge in [0.1, 0.15) is 24.6 Å². The van der Waals surface area contributed by atoms with E-state index in [1.807, 2.05) is 0 Å². The number of benzene rings is 3. The number of nitro benzene ring substituents is 1. The van der Waals surface area contributed by atoms with Gasteiger partial charge in [-0.05, 0) is 101 Å². The molecular weight excluding hydrogens is 665 g/mol. The van der Waals surface area contributed by atoms with E-state index < -0.39 is 16.8 Å². The van der Waals surface area contributed by atoms with Crippen LogP contribution in [0.2, 0.25) is 0 Å². The van der Waals surface area contributed by atoms with Gasteiger partial charge in [-0.2, -0.15) is 0 Å². The lowest BCUT2D eigenvalue weighted by Gasteiger charge is -2.19. The Morgan fingerprint density at radius 2 is 1.73 bits per heavy atom. The summed E-state index contributed by atoms with van der Waals surface area (Å²) in [6.45, 7) is -0.106. The van der Waals surface area contributed by atoms with Crippen molar-refractivity contribution in [3.63, 3.8) is 0 Å². The monoisotopic (exact) mass is 689 g/mol. The number of nitrogens with zero attached hydrogens (tertiary/aromatic N) is 3. The fraction of sp³-hybridized carbons (Fsp3) is 0.179. The van der Waals surface area contributed by atoms with Crippen LogP contribution >= 0.6 is 34.8 Å². The van der Waals surface area contributed by atoms with E-state index in [4.69, 9.17) is 31.2 Å². The zero-order chi connectivity index (χ0) is 29.7. The molecule has 11 nitrogen and oxygen atoms in total. The number of methoxy groups -OCH3 is 3. The van der Waals surface area contributed by atoms with Gasteiger partial charge in [0.05, 0.1) is 35.5 Å².